The quantitative estimate of drug-likeness (QED) is 0.432. The Morgan fingerprint density at radius 1 is 1.11 bits per heavy atom. The number of hydrogen-bond donors (Lipinski definition) is 2. The highest BCUT2D eigenvalue weighted by molar-refractivity contribution is 8.00. The normalized spacial score (nSPS) is 20.7. The third kappa shape index (κ3) is 4.38. The van der Waals surface area contributed by atoms with Gasteiger partial charge in [0.2, 0.25) is 11.8 Å². The minimum absolute atomic E-state index is 0.276. The topological polar surface area (TPSA) is 126 Å². The largest absolute Gasteiger partial charge is 0.493 e. The van der Waals surface area contributed by atoms with E-state index in [1.54, 1.807) is 30.3 Å². The number of H-pyrrole nitrogens is 1. The van der Waals surface area contributed by atoms with Crippen molar-refractivity contribution < 1.29 is 29.0 Å². The highest BCUT2D eigenvalue weighted by Gasteiger charge is 2.56. The number of aliphatic carboxylic acids is 1. The molecule has 0 bridgehead atoms. The lowest BCUT2D eigenvalue weighted by Gasteiger charge is -2.30. The molecule has 1 aromatic heterocycles. The van der Waals surface area contributed by atoms with Crippen LogP contribution in [0.4, 0.5) is 0 Å². The standard InChI is InChI=1S/C24H19ClN2O7S2/c1-33-15-8-12(4-7-14(15)34-10-11-2-5-13(25)6-3-11)17-18-20(35-21-19(17)36-24(32)26-21)23(31)27(22(18)30)9-16(28)29/h2-8,17-18,20H,9-10H2,1H3,(H,26,32)(H,28,29)/t17-,18?,20?/m0/s1. The van der Waals surface area contributed by atoms with Crippen molar-refractivity contribution in [2.24, 2.45) is 5.92 Å². The van der Waals surface area contributed by atoms with E-state index in [-0.39, 0.29) is 11.5 Å². The summed E-state index contributed by atoms with van der Waals surface area (Å²) in [5.41, 5.74) is 1.56. The average Bonchev–Trinajstić information content (AvgIpc) is 3.34. The molecule has 2 unspecified atom stereocenters. The number of benzene rings is 2. The summed E-state index contributed by atoms with van der Waals surface area (Å²) in [6.45, 7) is -0.429. The minimum Gasteiger partial charge on any atom is -0.493 e. The van der Waals surface area contributed by atoms with Gasteiger partial charge in [-0.3, -0.25) is 24.1 Å². The van der Waals surface area contributed by atoms with Gasteiger partial charge in [0.05, 0.1) is 18.1 Å². The summed E-state index contributed by atoms with van der Waals surface area (Å²) in [5.74, 6) is -3.02. The molecular weight excluding hydrogens is 528 g/mol. The van der Waals surface area contributed by atoms with E-state index in [9.17, 15) is 24.3 Å². The lowest BCUT2D eigenvalue weighted by Crippen LogP contribution is -2.36. The summed E-state index contributed by atoms with van der Waals surface area (Å²) >= 11 is 8.00. The third-order valence-corrected chi connectivity index (χ3v) is 8.72. The second kappa shape index (κ2) is 9.64. The predicted molar refractivity (Wildman–Crippen MR) is 133 cm³/mol. The highest BCUT2D eigenvalue weighted by Crippen LogP contribution is 2.53. The molecule has 186 valence electrons. The van der Waals surface area contributed by atoms with E-state index in [2.05, 4.69) is 4.98 Å². The van der Waals surface area contributed by atoms with Crippen LogP contribution in [0.1, 0.15) is 21.9 Å². The first-order chi connectivity index (χ1) is 17.3. The van der Waals surface area contributed by atoms with Crippen LogP contribution in [0.25, 0.3) is 0 Å². The molecule has 2 aromatic carbocycles. The number of carboxylic acid groups (broad SMARTS) is 1. The van der Waals surface area contributed by atoms with Gasteiger partial charge in [-0.15, -0.1) is 0 Å². The number of carbonyl (C=O) groups is 3. The number of nitrogens with one attached hydrogen (secondary N) is 1. The van der Waals surface area contributed by atoms with Gasteiger partial charge in [0.1, 0.15) is 18.4 Å². The van der Waals surface area contributed by atoms with Crippen molar-refractivity contribution in [3.8, 4) is 11.5 Å². The molecule has 2 N–H and O–H groups in total. The maximum atomic E-state index is 13.3. The number of ether oxygens (including phenoxy) is 2. The Bertz CT molecular complexity index is 1420. The van der Waals surface area contributed by atoms with E-state index < -0.39 is 41.4 Å². The van der Waals surface area contributed by atoms with E-state index in [1.807, 2.05) is 12.1 Å². The van der Waals surface area contributed by atoms with E-state index >= 15 is 0 Å². The Kier molecular flexibility index (Phi) is 6.54. The predicted octanol–water partition coefficient (Wildman–Crippen LogP) is 3.35. The summed E-state index contributed by atoms with van der Waals surface area (Å²) < 4.78 is 11.5. The zero-order chi connectivity index (χ0) is 25.6. The van der Waals surface area contributed by atoms with Crippen molar-refractivity contribution in [1.29, 1.82) is 0 Å². The number of carboxylic acids is 1. The molecule has 0 aliphatic carbocycles. The first-order valence-corrected chi connectivity index (χ1v) is 12.9. The molecule has 9 nitrogen and oxygen atoms in total. The molecular formula is C24H19ClN2O7S2. The van der Waals surface area contributed by atoms with Crippen LogP contribution in [0.3, 0.4) is 0 Å². The maximum absolute atomic E-state index is 13.3. The number of hydrogen-bond acceptors (Lipinski definition) is 8. The molecule has 3 aromatic rings. The first kappa shape index (κ1) is 24.4. The minimum atomic E-state index is -1.27. The van der Waals surface area contributed by atoms with E-state index in [0.717, 1.165) is 33.6 Å². The van der Waals surface area contributed by atoms with Gasteiger partial charge in [-0.2, -0.15) is 0 Å². The van der Waals surface area contributed by atoms with Crippen LogP contribution in [0, 0.1) is 5.92 Å². The molecule has 2 amide bonds. The fourth-order valence-electron chi connectivity index (χ4n) is 4.46. The Hall–Kier alpha value is -3.28. The van der Waals surface area contributed by atoms with Crippen molar-refractivity contribution in [3.63, 3.8) is 0 Å². The number of fused-ring (bicyclic) bond motifs is 2. The number of rotatable bonds is 7. The van der Waals surface area contributed by atoms with E-state index in [1.165, 1.54) is 7.11 Å². The van der Waals surface area contributed by atoms with Crippen LogP contribution in [0.5, 0.6) is 11.5 Å². The molecule has 2 aliphatic heterocycles. The number of amides is 2. The summed E-state index contributed by atoms with van der Waals surface area (Å²) in [7, 11) is 1.49. The van der Waals surface area contributed by atoms with Crippen molar-refractivity contribution in [3.05, 3.63) is 73.2 Å². The summed E-state index contributed by atoms with van der Waals surface area (Å²) in [4.78, 5) is 53.6. The zero-order valence-corrected chi connectivity index (χ0v) is 21.1. The third-order valence-electron chi connectivity index (χ3n) is 6.06. The lowest BCUT2D eigenvalue weighted by molar-refractivity contribution is -0.149. The van der Waals surface area contributed by atoms with Crippen LogP contribution >= 0.6 is 34.7 Å². The van der Waals surface area contributed by atoms with Gasteiger partial charge in [-0.25, -0.2) is 0 Å². The number of thioether (sulfide) groups is 1. The molecule has 1 saturated heterocycles. The number of nitrogens with zero attached hydrogens (tertiary/aromatic N) is 1. The second-order valence-electron chi connectivity index (χ2n) is 8.23. The Morgan fingerprint density at radius 2 is 1.86 bits per heavy atom. The van der Waals surface area contributed by atoms with Crippen LogP contribution in [-0.4, -0.2) is 51.7 Å². The van der Waals surface area contributed by atoms with Crippen molar-refractivity contribution in [2.75, 3.05) is 13.7 Å². The molecule has 0 saturated carbocycles. The van der Waals surface area contributed by atoms with Crippen LogP contribution < -0.4 is 14.3 Å². The number of methoxy groups -OCH3 is 1. The van der Waals surface area contributed by atoms with E-state index in [0.29, 0.717) is 32.0 Å². The Labute approximate surface area is 218 Å². The van der Waals surface area contributed by atoms with Gasteiger partial charge in [0, 0.05) is 15.8 Å². The summed E-state index contributed by atoms with van der Waals surface area (Å²) in [6, 6.07) is 12.4. The van der Waals surface area contributed by atoms with Crippen LogP contribution in [0.15, 0.2) is 52.3 Å². The summed E-state index contributed by atoms with van der Waals surface area (Å²) in [6.07, 6.45) is 0. The molecule has 0 radical (unpaired) electrons. The molecule has 3 atom stereocenters. The number of thiazole rings is 1. The van der Waals surface area contributed by atoms with Gasteiger partial charge in [-0.05, 0) is 35.4 Å². The van der Waals surface area contributed by atoms with Gasteiger partial charge in [-0.1, -0.05) is 52.9 Å². The number of likely N-dealkylation sites (tertiary alicyclic amines) is 1. The SMILES string of the molecule is COc1cc([C@@H]2c3sc(=O)[nH]c3SC3C(=O)N(CC(=O)O)C(=O)C32)ccc1OCc1ccc(Cl)cc1. The lowest BCUT2D eigenvalue weighted by atomic mass is 9.83. The Balaban J connectivity index is 1.50. The summed E-state index contributed by atoms with van der Waals surface area (Å²) in [5, 5.41) is 9.50. The fourth-order valence-corrected chi connectivity index (χ4v) is 7.13. The molecule has 1 fully saturated rings. The monoisotopic (exact) mass is 546 g/mol. The van der Waals surface area contributed by atoms with Crippen molar-refractivity contribution >= 4 is 52.5 Å². The second-order valence-corrected chi connectivity index (χ2v) is 10.8. The van der Waals surface area contributed by atoms with Crippen molar-refractivity contribution in [1.82, 2.24) is 9.88 Å². The van der Waals surface area contributed by atoms with Gasteiger partial charge >= 0.3 is 10.8 Å². The smallest absolute Gasteiger partial charge is 0.323 e. The van der Waals surface area contributed by atoms with Crippen molar-refractivity contribution in [2.45, 2.75) is 22.8 Å². The number of halogens is 1. The van der Waals surface area contributed by atoms with Crippen LogP contribution in [0.2, 0.25) is 5.02 Å². The van der Waals surface area contributed by atoms with Gasteiger partial charge in [0.15, 0.2) is 11.5 Å². The van der Waals surface area contributed by atoms with Gasteiger partial charge < -0.3 is 19.6 Å². The maximum Gasteiger partial charge on any atom is 0.323 e. The van der Waals surface area contributed by atoms with Crippen LogP contribution in [-0.2, 0) is 21.0 Å². The molecule has 0 spiro atoms. The molecule has 12 heteroatoms. The van der Waals surface area contributed by atoms with E-state index in [4.69, 9.17) is 21.1 Å². The number of imide groups is 1. The molecule has 3 heterocycles. The zero-order valence-electron chi connectivity index (χ0n) is 18.7. The average molecular weight is 547 g/mol. The first-order valence-electron chi connectivity index (χ1n) is 10.8. The molecule has 2 aliphatic rings. The molecule has 36 heavy (non-hydrogen) atoms. The number of aromatic amines is 1. The highest BCUT2D eigenvalue weighted by atomic mass is 35.5. The Morgan fingerprint density at radius 3 is 2.56 bits per heavy atom. The fraction of sp³-hybridized carbons (Fsp3) is 0.250. The number of carbonyl (C=O) groups excluding carboxylic acids is 2. The number of aromatic nitrogens is 1. The molecule has 5 rings (SSSR count). The van der Waals surface area contributed by atoms with Gasteiger partial charge in [0.25, 0.3) is 0 Å².